The van der Waals surface area contributed by atoms with Crippen molar-refractivity contribution in [2.24, 2.45) is 0 Å². The van der Waals surface area contributed by atoms with Crippen LogP contribution in [-0.4, -0.2) is 28.3 Å². The molecule has 0 aliphatic heterocycles. The van der Waals surface area contributed by atoms with Gasteiger partial charge in [-0.2, -0.15) is 4.98 Å². The van der Waals surface area contributed by atoms with Gasteiger partial charge in [-0.3, -0.25) is 0 Å². The summed E-state index contributed by atoms with van der Waals surface area (Å²) in [6.45, 7) is 1.21. The quantitative estimate of drug-likeness (QED) is 0.726. The largest absolute Gasteiger partial charge is 0.387 e. The van der Waals surface area contributed by atoms with Crippen LogP contribution in [0.25, 0.3) is 0 Å². The molecule has 90 valence electrons. The molecule has 0 radical (unpaired) electrons. The molecule has 2 rings (SSSR count). The molecule has 0 saturated carbocycles. The first kappa shape index (κ1) is 11.8. The average Bonchev–Trinajstić information content (AvgIpc) is 2.88. The molecule has 5 heteroatoms. The molecule has 0 bridgehead atoms. The van der Waals surface area contributed by atoms with Crippen LogP contribution >= 0.6 is 0 Å². The van der Waals surface area contributed by atoms with Crippen LogP contribution in [0.5, 0.6) is 0 Å². The Morgan fingerprint density at radius 3 is 2.82 bits per heavy atom. The zero-order chi connectivity index (χ0) is 11.9. The first-order valence-corrected chi connectivity index (χ1v) is 5.55. The normalized spacial score (nSPS) is 12.5. The van der Waals surface area contributed by atoms with Crippen molar-refractivity contribution in [3.05, 3.63) is 48.1 Å². The molecule has 0 amide bonds. The topological polar surface area (TPSA) is 71.2 Å². The summed E-state index contributed by atoms with van der Waals surface area (Å²) in [5, 5.41) is 16.5. The highest BCUT2D eigenvalue weighted by molar-refractivity contribution is 5.17. The summed E-state index contributed by atoms with van der Waals surface area (Å²) in [6.07, 6.45) is 1.56. The molecule has 0 aliphatic carbocycles. The second kappa shape index (κ2) is 6.12. The number of hydrogen-bond acceptors (Lipinski definition) is 5. The SMILES string of the molecule is OC(CNCCc1ncno1)c1ccccc1. The molecule has 1 aromatic carbocycles. The van der Waals surface area contributed by atoms with Crippen LogP contribution in [0, 0.1) is 0 Å². The van der Waals surface area contributed by atoms with Crippen molar-refractivity contribution >= 4 is 0 Å². The second-order valence-corrected chi connectivity index (χ2v) is 3.72. The fourth-order valence-corrected chi connectivity index (χ4v) is 1.53. The smallest absolute Gasteiger partial charge is 0.227 e. The van der Waals surface area contributed by atoms with E-state index in [1.54, 1.807) is 0 Å². The highest BCUT2D eigenvalue weighted by Crippen LogP contribution is 2.10. The van der Waals surface area contributed by atoms with Gasteiger partial charge < -0.3 is 14.9 Å². The molecule has 5 nitrogen and oxygen atoms in total. The van der Waals surface area contributed by atoms with E-state index in [1.807, 2.05) is 30.3 Å². The van der Waals surface area contributed by atoms with Crippen LogP contribution < -0.4 is 5.32 Å². The Hall–Kier alpha value is -1.72. The monoisotopic (exact) mass is 233 g/mol. The Morgan fingerprint density at radius 2 is 2.12 bits per heavy atom. The predicted molar refractivity (Wildman–Crippen MR) is 62.3 cm³/mol. The summed E-state index contributed by atoms with van der Waals surface area (Å²) in [5.41, 5.74) is 0.915. The molecule has 2 aromatic rings. The van der Waals surface area contributed by atoms with Gasteiger partial charge in [-0.25, -0.2) is 0 Å². The van der Waals surface area contributed by atoms with E-state index in [0.717, 1.165) is 5.56 Å². The molecule has 1 aromatic heterocycles. The summed E-state index contributed by atoms with van der Waals surface area (Å²) in [5.74, 6) is 0.603. The van der Waals surface area contributed by atoms with E-state index >= 15 is 0 Å². The van der Waals surface area contributed by atoms with E-state index in [0.29, 0.717) is 25.4 Å². The maximum absolute atomic E-state index is 9.86. The maximum Gasteiger partial charge on any atom is 0.227 e. The summed E-state index contributed by atoms with van der Waals surface area (Å²) in [7, 11) is 0. The van der Waals surface area contributed by atoms with E-state index in [1.165, 1.54) is 6.33 Å². The van der Waals surface area contributed by atoms with Gasteiger partial charge in [0, 0.05) is 19.5 Å². The second-order valence-electron chi connectivity index (χ2n) is 3.72. The van der Waals surface area contributed by atoms with Gasteiger partial charge in [-0.05, 0) is 5.56 Å². The molecule has 1 atom stereocenters. The van der Waals surface area contributed by atoms with E-state index in [9.17, 15) is 5.11 Å². The highest BCUT2D eigenvalue weighted by atomic mass is 16.5. The van der Waals surface area contributed by atoms with Gasteiger partial charge in [0.1, 0.15) is 0 Å². The van der Waals surface area contributed by atoms with E-state index in [2.05, 4.69) is 15.5 Å². The van der Waals surface area contributed by atoms with Crippen molar-refractivity contribution in [3.8, 4) is 0 Å². The zero-order valence-electron chi connectivity index (χ0n) is 9.41. The lowest BCUT2D eigenvalue weighted by Crippen LogP contribution is -2.23. The molecule has 0 fully saturated rings. The lowest BCUT2D eigenvalue weighted by Gasteiger charge is -2.11. The Bertz CT molecular complexity index is 417. The average molecular weight is 233 g/mol. The standard InChI is InChI=1S/C12H15N3O2/c16-11(10-4-2-1-3-5-10)8-13-7-6-12-14-9-15-17-12/h1-5,9,11,13,16H,6-8H2. The van der Waals surface area contributed by atoms with Crippen LogP contribution in [0.1, 0.15) is 17.6 Å². The van der Waals surface area contributed by atoms with Gasteiger partial charge >= 0.3 is 0 Å². The summed E-state index contributed by atoms with van der Waals surface area (Å²) in [6, 6.07) is 9.57. The van der Waals surface area contributed by atoms with Crippen LogP contribution in [0.4, 0.5) is 0 Å². The number of aromatic nitrogens is 2. The van der Waals surface area contributed by atoms with Gasteiger partial charge in [-0.1, -0.05) is 35.5 Å². The molecule has 1 heterocycles. The Balaban J connectivity index is 1.68. The number of nitrogens with zero attached hydrogens (tertiary/aromatic N) is 2. The Morgan fingerprint density at radius 1 is 1.29 bits per heavy atom. The van der Waals surface area contributed by atoms with Crippen molar-refractivity contribution in [2.75, 3.05) is 13.1 Å². The van der Waals surface area contributed by atoms with Gasteiger partial charge in [0.2, 0.25) is 5.89 Å². The lowest BCUT2D eigenvalue weighted by atomic mass is 10.1. The summed E-state index contributed by atoms with van der Waals surface area (Å²) >= 11 is 0. The van der Waals surface area contributed by atoms with E-state index < -0.39 is 6.10 Å². The molecule has 1 unspecified atom stereocenters. The van der Waals surface area contributed by atoms with Crippen molar-refractivity contribution in [3.63, 3.8) is 0 Å². The van der Waals surface area contributed by atoms with Crippen molar-refractivity contribution in [1.29, 1.82) is 0 Å². The molecule has 2 N–H and O–H groups in total. The minimum absolute atomic E-state index is 0.487. The minimum atomic E-state index is -0.487. The van der Waals surface area contributed by atoms with Crippen LogP contribution in [-0.2, 0) is 6.42 Å². The number of rotatable bonds is 6. The molecule has 0 aliphatic rings. The number of benzene rings is 1. The fourth-order valence-electron chi connectivity index (χ4n) is 1.53. The van der Waals surface area contributed by atoms with Gasteiger partial charge in [0.05, 0.1) is 6.10 Å². The minimum Gasteiger partial charge on any atom is -0.387 e. The summed E-state index contributed by atoms with van der Waals surface area (Å²) < 4.78 is 4.86. The third-order valence-corrected chi connectivity index (χ3v) is 2.44. The van der Waals surface area contributed by atoms with Crippen LogP contribution in [0.2, 0.25) is 0 Å². The molecule has 0 spiro atoms. The maximum atomic E-state index is 9.86. The van der Waals surface area contributed by atoms with Crippen LogP contribution in [0.3, 0.4) is 0 Å². The molecular weight excluding hydrogens is 218 g/mol. The Kier molecular flexibility index (Phi) is 4.23. The molecule has 0 saturated heterocycles. The van der Waals surface area contributed by atoms with Crippen LogP contribution in [0.15, 0.2) is 41.2 Å². The number of nitrogens with one attached hydrogen (secondary N) is 1. The van der Waals surface area contributed by atoms with Gasteiger partial charge in [0.15, 0.2) is 6.33 Å². The Labute approximate surface area is 99.5 Å². The number of hydrogen-bond donors (Lipinski definition) is 2. The fraction of sp³-hybridized carbons (Fsp3) is 0.333. The van der Waals surface area contributed by atoms with Crippen molar-refractivity contribution < 1.29 is 9.63 Å². The van der Waals surface area contributed by atoms with Crippen molar-refractivity contribution in [1.82, 2.24) is 15.5 Å². The third-order valence-electron chi connectivity index (χ3n) is 2.44. The highest BCUT2D eigenvalue weighted by Gasteiger charge is 2.06. The number of aliphatic hydroxyl groups excluding tert-OH is 1. The van der Waals surface area contributed by atoms with E-state index in [-0.39, 0.29) is 0 Å². The third kappa shape index (κ3) is 3.65. The molecule has 17 heavy (non-hydrogen) atoms. The van der Waals surface area contributed by atoms with Crippen molar-refractivity contribution in [2.45, 2.75) is 12.5 Å². The van der Waals surface area contributed by atoms with E-state index in [4.69, 9.17) is 4.52 Å². The van der Waals surface area contributed by atoms with Gasteiger partial charge in [0.25, 0.3) is 0 Å². The first-order valence-electron chi connectivity index (χ1n) is 5.55. The lowest BCUT2D eigenvalue weighted by molar-refractivity contribution is 0.174. The van der Waals surface area contributed by atoms with Gasteiger partial charge in [-0.15, -0.1) is 0 Å². The predicted octanol–water partition coefficient (Wildman–Crippen LogP) is 0.935. The molecular formula is C12H15N3O2. The zero-order valence-corrected chi connectivity index (χ0v) is 9.41. The number of aliphatic hydroxyl groups is 1. The first-order chi connectivity index (χ1) is 8.36. The summed E-state index contributed by atoms with van der Waals surface area (Å²) in [4.78, 5) is 3.91.